The molecular weight excluding hydrogens is 647 g/mol. The quantitative estimate of drug-likeness (QED) is 0.164. The number of rotatable bonds is 11. The Kier molecular flexibility index (Phi) is 10.7. The molecule has 1 saturated carbocycles. The number of carboxylic acids is 1. The molecule has 1 fully saturated rings. The zero-order chi connectivity index (χ0) is 36.1. The van der Waals surface area contributed by atoms with Crippen LogP contribution in [0.1, 0.15) is 75.1 Å². The van der Waals surface area contributed by atoms with Crippen LogP contribution in [0.25, 0.3) is 0 Å². The Labute approximate surface area is 298 Å². The molecule has 0 unspecified atom stereocenters. The van der Waals surface area contributed by atoms with Gasteiger partial charge in [-0.2, -0.15) is 0 Å². The third-order valence-corrected chi connectivity index (χ3v) is 9.85. The van der Waals surface area contributed by atoms with Gasteiger partial charge in [0.05, 0.1) is 0 Å². The van der Waals surface area contributed by atoms with E-state index in [0.29, 0.717) is 40.9 Å². The summed E-state index contributed by atoms with van der Waals surface area (Å²) in [6, 6.07) is 24.1. The Balaban J connectivity index is 1.17. The van der Waals surface area contributed by atoms with Crippen LogP contribution in [0.15, 0.2) is 91.0 Å². The van der Waals surface area contributed by atoms with Crippen molar-refractivity contribution in [1.82, 2.24) is 10.2 Å². The first kappa shape index (κ1) is 35.6. The maximum atomic E-state index is 14.0. The Morgan fingerprint density at radius 3 is 2.00 bits per heavy atom. The maximum absolute atomic E-state index is 14.0. The van der Waals surface area contributed by atoms with Crippen LogP contribution in [0.4, 0.5) is 4.39 Å². The second kappa shape index (κ2) is 15.4. The van der Waals surface area contributed by atoms with Gasteiger partial charge in [0, 0.05) is 25.8 Å². The number of nitrogens with one attached hydrogen (secondary N) is 1. The third-order valence-electron chi connectivity index (χ3n) is 9.85. The van der Waals surface area contributed by atoms with E-state index in [0.717, 1.165) is 36.8 Å². The number of carbonyl (C=O) groups excluding carboxylic acids is 2. The van der Waals surface area contributed by atoms with Gasteiger partial charge >= 0.3 is 5.97 Å². The van der Waals surface area contributed by atoms with E-state index in [-0.39, 0.29) is 36.5 Å². The summed E-state index contributed by atoms with van der Waals surface area (Å²) in [4.78, 5) is 41.8. The van der Waals surface area contributed by atoms with Gasteiger partial charge in [-0.05, 0) is 107 Å². The highest BCUT2D eigenvalue weighted by atomic mass is 19.1. The van der Waals surface area contributed by atoms with Gasteiger partial charge in [0.2, 0.25) is 11.8 Å². The van der Waals surface area contributed by atoms with E-state index < -0.39 is 24.0 Å². The number of nitrogens with zero attached hydrogens (tertiary/aromatic N) is 1. The fourth-order valence-electron chi connectivity index (χ4n) is 6.89. The van der Waals surface area contributed by atoms with E-state index in [4.69, 9.17) is 9.47 Å². The molecule has 0 radical (unpaired) electrons. The number of amides is 2. The fourth-order valence-corrected chi connectivity index (χ4v) is 6.89. The molecule has 0 bridgehead atoms. The Morgan fingerprint density at radius 2 is 1.39 bits per heavy atom. The van der Waals surface area contributed by atoms with Gasteiger partial charge in [-0.15, -0.1) is 0 Å². The fraction of sp³-hybridized carbons (Fsp3) is 0.357. The summed E-state index contributed by atoms with van der Waals surface area (Å²) in [5.74, 6) is 0.447. The van der Waals surface area contributed by atoms with E-state index in [1.54, 1.807) is 29.2 Å². The average molecular weight is 693 g/mol. The summed E-state index contributed by atoms with van der Waals surface area (Å²) in [5, 5.41) is 12.9. The van der Waals surface area contributed by atoms with Crippen molar-refractivity contribution in [2.75, 3.05) is 0 Å². The molecule has 4 aromatic rings. The number of aliphatic carboxylic acids is 1. The van der Waals surface area contributed by atoms with Crippen molar-refractivity contribution < 1.29 is 33.4 Å². The predicted octanol–water partition coefficient (Wildman–Crippen LogP) is 8.35. The van der Waals surface area contributed by atoms with Crippen LogP contribution in [0.5, 0.6) is 23.0 Å². The minimum absolute atomic E-state index is 0.0203. The van der Waals surface area contributed by atoms with Crippen molar-refractivity contribution in [1.29, 1.82) is 0 Å². The molecule has 1 aliphatic carbocycles. The van der Waals surface area contributed by atoms with Gasteiger partial charge in [0.15, 0.2) is 0 Å². The highest BCUT2D eigenvalue weighted by Crippen LogP contribution is 2.34. The molecule has 4 aromatic carbocycles. The van der Waals surface area contributed by atoms with Gasteiger partial charge < -0.3 is 24.8 Å². The highest BCUT2D eigenvalue weighted by Gasteiger charge is 2.37. The van der Waals surface area contributed by atoms with E-state index in [1.807, 2.05) is 30.3 Å². The third kappa shape index (κ3) is 9.14. The van der Waals surface area contributed by atoms with Crippen molar-refractivity contribution in [3.63, 3.8) is 0 Å². The summed E-state index contributed by atoms with van der Waals surface area (Å²) >= 11 is 0. The molecule has 9 heteroatoms. The number of hydrogen-bond acceptors (Lipinski definition) is 5. The summed E-state index contributed by atoms with van der Waals surface area (Å²) in [6.45, 7) is 6.73. The summed E-state index contributed by atoms with van der Waals surface area (Å²) in [6.07, 6.45) is 4.85. The molecule has 0 spiro atoms. The monoisotopic (exact) mass is 692 g/mol. The van der Waals surface area contributed by atoms with Crippen LogP contribution < -0.4 is 14.8 Å². The first-order valence-electron chi connectivity index (χ1n) is 17.7. The normalized spacial score (nSPS) is 16.6. The van der Waals surface area contributed by atoms with Crippen molar-refractivity contribution >= 4 is 17.8 Å². The van der Waals surface area contributed by atoms with Gasteiger partial charge in [-0.1, -0.05) is 63.9 Å². The highest BCUT2D eigenvalue weighted by molar-refractivity contribution is 5.91. The van der Waals surface area contributed by atoms with Crippen LogP contribution in [0.2, 0.25) is 0 Å². The van der Waals surface area contributed by atoms with Crippen molar-refractivity contribution in [3.05, 3.63) is 119 Å². The van der Waals surface area contributed by atoms with E-state index in [2.05, 4.69) is 38.2 Å². The second-order valence-electron chi connectivity index (χ2n) is 14.7. The van der Waals surface area contributed by atoms with E-state index in [9.17, 15) is 23.9 Å². The molecule has 2 aliphatic rings. The SMILES string of the molecule is CC(C)(C)c1ccc(Oc2ccc3c(c2)C[C@@H](C(=O)N[C@@H](Cc2ccc(Oc4ccc(F)cc4)cc2)C(=O)O)N(C(=O)CC2CCCC2)C3)cc1. The summed E-state index contributed by atoms with van der Waals surface area (Å²) in [5.41, 5.74) is 3.71. The predicted molar refractivity (Wildman–Crippen MR) is 192 cm³/mol. The van der Waals surface area contributed by atoms with E-state index in [1.165, 1.54) is 29.8 Å². The lowest BCUT2D eigenvalue weighted by Gasteiger charge is -2.37. The average Bonchev–Trinajstić information content (AvgIpc) is 3.62. The van der Waals surface area contributed by atoms with Gasteiger partial charge in [-0.3, -0.25) is 9.59 Å². The van der Waals surface area contributed by atoms with Crippen LogP contribution in [0.3, 0.4) is 0 Å². The molecule has 0 aromatic heterocycles. The number of ether oxygens (including phenoxy) is 2. The molecule has 1 aliphatic heterocycles. The smallest absolute Gasteiger partial charge is 0.326 e. The van der Waals surface area contributed by atoms with E-state index >= 15 is 0 Å². The van der Waals surface area contributed by atoms with Gasteiger partial charge in [0.1, 0.15) is 40.9 Å². The lowest BCUT2D eigenvalue weighted by molar-refractivity contribution is -0.145. The zero-order valence-corrected chi connectivity index (χ0v) is 29.4. The Hall–Kier alpha value is -5.18. The summed E-state index contributed by atoms with van der Waals surface area (Å²) in [7, 11) is 0. The number of fused-ring (bicyclic) bond motifs is 1. The zero-order valence-electron chi connectivity index (χ0n) is 29.4. The molecule has 2 N–H and O–H groups in total. The molecule has 0 saturated heterocycles. The first-order valence-corrected chi connectivity index (χ1v) is 17.7. The number of hydrogen-bond donors (Lipinski definition) is 2. The summed E-state index contributed by atoms with van der Waals surface area (Å²) < 4.78 is 25.2. The molecule has 8 nitrogen and oxygen atoms in total. The molecular formula is C42H45FN2O6. The standard InChI is InChI=1S/C42H45FN2O6/c1-42(2,3)31-11-18-34(19-12-31)51-36-17-10-29-26-45(39(46)23-27-6-4-5-7-27)38(25-30(29)24-36)40(47)44-37(41(48)49)22-28-8-15-33(16-9-28)50-35-20-13-32(43)14-21-35/h8-21,24,27,37-38H,4-7,22-23,25-26H2,1-3H3,(H,44,47)(H,48,49)/t37-,38-/m0/s1. The number of halogens is 1. The molecule has 1 heterocycles. The minimum Gasteiger partial charge on any atom is -0.480 e. The topological polar surface area (TPSA) is 105 Å². The van der Waals surface area contributed by atoms with Gasteiger partial charge in [-0.25, -0.2) is 9.18 Å². The Morgan fingerprint density at radius 1 is 0.824 bits per heavy atom. The number of carbonyl (C=O) groups is 3. The van der Waals surface area contributed by atoms with Crippen molar-refractivity contribution in [2.45, 2.75) is 89.8 Å². The Bertz CT molecular complexity index is 1840. The second-order valence-corrected chi connectivity index (χ2v) is 14.7. The molecule has 2 amide bonds. The van der Waals surface area contributed by atoms with Crippen molar-refractivity contribution in [3.8, 4) is 23.0 Å². The van der Waals surface area contributed by atoms with Crippen LogP contribution >= 0.6 is 0 Å². The number of benzene rings is 4. The number of carboxylic acid groups (broad SMARTS) is 1. The lowest BCUT2D eigenvalue weighted by atomic mass is 9.87. The van der Waals surface area contributed by atoms with Crippen LogP contribution in [0, 0.1) is 11.7 Å². The molecule has 51 heavy (non-hydrogen) atoms. The largest absolute Gasteiger partial charge is 0.480 e. The minimum atomic E-state index is -1.22. The van der Waals surface area contributed by atoms with Crippen LogP contribution in [-0.2, 0) is 39.2 Å². The first-order chi connectivity index (χ1) is 24.4. The molecule has 266 valence electrons. The molecule has 6 rings (SSSR count). The lowest BCUT2D eigenvalue weighted by Crippen LogP contribution is -2.56. The van der Waals surface area contributed by atoms with Crippen LogP contribution in [-0.4, -0.2) is 39.9 Å². The van der Waals surface area contributed by atoms with Crippen molar-refractivity contribution in [2.24, 2.45) is 5.92 Å². The maximum Gasteiger partial charge on any atom is 0.326 e. The molecule has 2 atom stereocenters. The van der Waals surface area contributed by atoms with Gasteiger partial charge in [0.25, 0.3) is 0 Å².